The molecule has 3 fully saturated rings. The minimum atomic E-state index is 0.613. The zero-order valence-electron chi connectivity index (χ0n) is 13.7. The normalized spacial score (nSPS) is 20.8. The molecule has 1 N–H and O–H groups in total. The van der Waals surface area contributed by atoms with Crippen LogP contribution in [0.4, 0.5) is 11.8 Å². The Morgan fingerprint density at radius 1 is 0.958 bits per heavy atom. The summed E-state index contributed by atoms with van der Waals surface area (Å²) in [6.07, 6.45) is 9.07. The average Bonchev–Trinajstić information content (AvgIpc) is 3.48. The largest absolute Gasteiger partial charge is 0.354 e. The molecule has 2 aromatic rings. The first-order valence-corrected chi connectivity index (χ1v) is 8.99. The first-order valence-electron chi connectivity index (χ1n) is 8.99. The monoisotopic (exact) mass is 322 g/mol. The van der Waals surface area contributed by atoms with Crippen molar-refractivity contribution >= 4 is 11.8 Å². The molecule has 3 heterocycles. The van der Waals surface area contributed by atoms with Crippen LogP contribution in [0.15, 0.2) is 24.5 Å². The molecule has 2 aromatic heterocycles. The summed E-state index contributed by atoms with van der Waals surface area (Å²) in [6.45, 7) is 2.95. The highest BCUT2D eigenvalue weighted by Crippen LogP contribution is 2.39. The molecule has 0 radical (unpaired) electrons. The van der Waals surface area contributed by atoms with Gasteiger partial charge in [-0.2, -0.15) is 5.10 Å². The van der Waals surface area contributed by atoms with Crippen LogP contribution >= 0.6 is 0 Å². The number of nitrogens with one attached hydrogen (secondary N) is 1. The van der Waals surface area contributed by atoms with Crippen molar-refractivity contribution in [1.29, 1.82) is 0 Å². The van der Waals surface area contributed by atoms with Gasteiger partial charge >= 0.3 is 0 Å². The van der Waals surface area contributed by atoms with Crippen LogP contribution in [0.1, 0.15) is 48.8 Å². The molecule has 0 amide bonds. The molecule has 24 heavy (non-hydrogen) atoms. The number of hydrogen-bond acceptors (Lipinski definition) is 6. The molecule has 124 valence electrons. The molecule has 2 saturated carbocycles. The second kappa shape index (κ2) is 5.69. The van der Waals surface area contributed by atoms with Crippen molar-refractivity contribution in [3.63, 3.8) is 0 Å². The second-order valence-corrected chi connectivity index (χ2v) is 7.36. The molecule has 6 nitrogen and oxygen atoms in total. The second-order valence-electron chi connectivity index (χ2n) is 7.36. The smallest absolute Gasteiger partial charge is 0.222 e. The molecule has 0 spiro atoms. The van der Waals surface area contributed by atoms with Gasteiger partial charge in [-0.25, -0.2) is 9.97 Å². The van der Waals surface area contributed by atoms with Gasteiger partial charge in [0.25, 0.3) is 0 Å². The van der Waals surface area contributed by atoms with Crippen LogP contribution in [0.25, 0.3) is 0 Å². The van der Waals surface area contributed by atoms with Crippen LogP contribution in [-0.2, 0) is 0 Å². The Morgan fingerprint density at radius 2 is 1.71 bits per heavy atom. The standard InChI is InChI=1S/C18H22N6/c1-2-13(1)15-8-20-18(21-9-15)19-7-12-10-24(11-12)17-6-5-16(22-23-17)14-3-4-14/h5-6,8-9,12-14H,1-4,7,10-11H2,(H,19,20,21). The van der Waals surface area contributed by atoms with E-state index < -0.39 is 0 Å². The summed E-state index contributed by atoms with van der Waals surface area (Å²) in [4.78, 5) is 11.1. The van der Waals surface area contributed by atoms with Crippen molar-refractivity contribution in [2.24, 2.45) is 5.92 Å². The van der Waals surface area contributed by atoms with Crippen molar-refractivity contribution < 1.29 is 0 Å². The van der Waals surface area contributed by atoms with E-state index in [4.69, 9.17) is 0 Å². The number of anilines is 2. The van der Waals surface area contributed by atoms with Crippen molar-refractivity contribution in [3.8, 4) is 0 Å². The molecule has 0 unspecified atom stereocenters. The van der Waals surface area contributed by atoms with Gasteiger partial charge in [-0.15, -0.1) is 5.10 Å². The minimum absolute atomic E-state index is 0.613. The molecule has 3 aliphatic rings. The first kappa shape index (κ1) is 14.1. The van der Waals surface area contributed by atoms with Gasteiger partial charge < -0.3 is 10.2 Å². The lowest BCUT2D eigenvalue weighted by atomic mass is 10.0. The summed E-state index contributed by atoms with van der Waals surface area (Å²) < 4.78 is 0. The quantitative estimate of drug-likeness (QED) is 0.882. The lowest BCUT2D eigenvalue weighted by Gasteiger charge is -2.39. The molecular weight excluding hydrogens is 300 g/mol. The number of hydrogen-bond donors (Lipinski definition) is 1. The van der Waals surface area contributed by atoms with Gasteiger partial charge in [-0.3, -0.25) is 0 Å². The van der Waals surface area contributed by atoms with E-state index >= 15 is 0 Å². The van der Waals surface area contributed by atoms with Crippen LogP contribution < -0.4 is 10.2 Å². The van der Waals surface area contributed by atoms with Crippen molar-refractivity contribution in [1.82, 2.24) is 20.2 Å². The third-order valence-electron chi connectivity index (χ3n) is 5.22. The lowest BCUT2D eigenvalue weighted by Crippen LogP contribution is -2.50. The Bertz CT molecular complexity index is 697. The summed E-state index contributed by atoms with van der Waals surface area (Å²) in [5.74, 6) is 3.74. The predicted molar refractivity (Wildman–Crippen MR) is 92.2 cm³/mol. The molecule has 2 aliphatic carbocycles. The maximum atomic E-state index is 4.42. The lowest BCUT2D eigenvalue weighted by molar-refractivity contribution is 0.424. The highest BCUT2D eigenvalue weighted by Gasteiger charge is 2.29. The Balaban J connectivity index is 1.10. The van der Waals surface area contributed by atoms with Crippen LogP contribution in [0.3, 0.4) is 0 Å². The molecule has 1 aliphatic heterocycles. The van der Waals surface area contributed by atoms with E-state index in [1.54, 1.807) is 0 Å². The van der Waals surface area contributed by atoms with Crippen LogP contribution in [-0.4, -0.2) is 39.8 Å². The number of rotatable bonds is 6. The van der Waals surface area contributed by atoms with Crippen LogP contribution in [0.2, 0.25) is 0 Å². The van der Waals surface area contributed by atoms with E-state index in [1.807, 2.05) is 12.4 Å². The highest BCUT2D eigenvalue weighted by molar-refractivity contribution is 5.41. The van der Waals surface area contributed by atoms with E-state index in [2.05, 4.69) is 42.5 Å². The van der Waals surface area contributed by atoms with Crippen LogP contribution in [0, 0.1) is 5.92 Å². The zero-order valence-corrected chi connectivity index (χ0v) is 13.7. The Kier molecular flexibility index (Phi) is 3.35. The zero-order chi connectivity index (χ0) is 15.9. The number of nitrogens with zero attached hydrogens (tertiary/aromatic N) is 5. The summed E-state index contributed by atoms with van der Waals surface area (Å²) in [5, 5.41) is 12.1. The van der Waals surface area contributed by atoms with E-state index in [0.717, 1.165) is 37.1 Å². The molecular formula is C18H22N6. The van der Waals surface area contributed by atoms with Gasteiger partial charge in [-0.1, -0.05) is 0 Å². The maximum Gasteiger partial charge on any atom is 0.222 e. The average molecular weight is 322 g/mol. The van der Waals surface area contributed by atoms with Gasteiger partial charge in [0.15, 0.2) is 5.82 Å². The van der Waals surface area contributed by atoms with Gasteiger partial charge in [0.2, 0.25) is 5.95 Å². The third kappa shape index (κ3) is 2.92. The fraction of sp³-hybridized carbons (Fsp3) is 0.556. The van der Waals surface area contributed by atoms with Gasteiger partial charge in [-0.05, 0) is 49.3 Å². The molecule has 0 bridgehead atoms. The summed E-state index contributed by atoms with van der Waals surface area (Å²) in [7, 11) is 0. The van der Waals surface area contributed by atoms with Gasteiger partial charge in [0, 0.05) is 43.9 Å². The topological polar surface area (TPSA) is 66.8 Å². The molecule has 0 aromatic carbocycles. The maximum absolute atomic E-state index is 4.42. The molecule has 5 rings (SSSR count). The van der Waals surface area contributed by atoms with Crippen molar-refractivity contribution in [3.05, 3.63) is 35.8 Å². The first-order chi connectivity index (χ1) is 11.8. The van der Waals surface area contributed by atoms with Crippen molar-refractivity contribution in [2.75, 3.05) is 29.9 Å². The SMILES string of the molecule is c1nc(NCC2CN(c3ccc(C4CC4)nn3)C2)ncc1C1CC1. The molecule has 0 atom stereocenters. The van der Waals surface area contributed by atoms with Crippen molar-refractivity contribution in [2.45, 2.75) is 37.5 Å². The Labute approximate surface area is 141 Å². The van der Waals surface area contributed by atoms with Gasteiger partial charge in [0.05, 0.1) is 5.69 Å². The fourth-order valence-corrected chi connectivity index (χ4v) is 3.28. The van der Waals surface area contributed by atoms with E-state index in [9.17, 15) is 0 Å². The molecule has 6 heteroatoms. The van der Waals surface area contributed by atoms with E-state index in [-0.39, 0.29) is 0 Å². The summed E-state index contributed by atoms with van der Waals surface area (Å²) in [6, 6.07) is 4.25. The highest BCUT2D eigenvalue weighted by atomic mass is 15.3. The predicted octanol–water partition coefficient (Wildman–Crippen LogP) is 2.57. The van der Waals surface area contributed by atoms with Gasteiger partial charge in [0.1, 0.15) is 0 Å². The van der Waals surface area contributed by atoms with Crippen LogP contribution in [0.5, 0.6) is 0 Å². The molecule has 1 saturated heterocycles. The summed E-state index contributed by atoms with van der Waals surface area (Å²) in [5.41, 5.74) is 2.44. The third-order valence-corrected chi connectivity index (χ3v) is 5.22. The Morgan fingerprint density at radius 3 is 2.33 bits per heavy atom. The Hall–Kier alpha value is -2.24. The fourth-order valence-electron chi connectivity index (χ4n) is 3.28. The summed E-state index contributed by atoms with van der Waals surface area (Å²) >= 11 is 0. The number of aromatic nitrogens is 4. The van der Waals surface area contributed by atoms with E-state index in [1.165, 1.54) is 31.2 Å². The minimum Gasteiger partial charge on any atom is -0.354 e. The van der Waals surface area contributed by atoms with E-state index in [0.29, 0.717) is 17.8 Å².